The molecule has 2 aromatic carbocycles. The van der Waals surface area contributed by atoms with Crippen molar-refractivity contribution >= 4 is 17.5 Å². The van der Waals surface area contributed by atoms with Crippen LogP contribution in [0.3, 0.4) is 0 Å². The monoisotopic (exact) mass is 496 g/mol. The van der Waals surface area contributed by atoms with Gasteiger partial charge in [0, 0.05) is 36.8 Å². The summed E-state index contributed by atoms with van der Waals surface area (Å²) in [6.07, 6.45) is -4.14. The quantitative estimate of drug-likeness (QED) is 0.590. The van der Waals surface area contributed by atoms with E-state index in [1.165, 1.54) is 21.9 Å². The lowest BCUT2D eigenvalue weighted by Crippen LogP contribution is -2.48. The molecule has 2 amide bonds. The van der Waals surface area contributed by atoms with Gasteiger partial charge in [-0.3, -0.25) is 9.69 Å². The molecule has 9 heteroatoms. The summed E-state index contributed by atoms with van der Waals surface area (Å²) >= 11 is 0. The fourth-order valence-electron chi connectivity index (χ4n) is 4.69. The largest absolute Gasteiger partial charge is 0.416 e. The van der Waals surface area contributed by atoms with Gasteiger partial charge < -0.3 is 10.2 Å². The average molecular weight is 497 g/mol. The predicted molar refractivity (Wildman–Crippen MR) is 129 cm³/mol. The fourth-order valence-corrected chi connectivity index (χ4v) is 4.69. The molecular formula is C27H27F3N4O2. The van der Waals surface area contributed by atoms with E-state index in [1.807, 2.05) is 20.8 Å². The minimum Gasteiger partial charge on any atom is -0.316 e. The first-order chi connectivity index (χ1) is 16.8. The Hall–Kier alpha value is -3.64. The van der Waals surface area contributed by atoms with E-state index in [-0.39, 0.29) is 29.9 Å². The van der Waals surface area contributed by atoms with Gasteiger partial charge in [0.2, 0.25) is 0 Å². The molecule has 0 bridgehead atoms. The second kappa shape index (κ2) is 9.10. The summed E-state index contributed by atoms with van der Waals surface area (Å²) in [5.74, 6) is -0.148. The summed E-state index contributed by atoms with van der Waals surface area (Å²) in [5.41, 5.74) is 1.72. The van der Waals surface area contributed by atoms with Crippen molar-refractivity contribution in [2.45, 2.75) is 57.9 Å². The minimum absolute atomic E-state index is 0.0665. The third kappa shape index (κ3) is 4.73. The van der Waals surface area contributed by atoms with Gasteiger partial charge in [-0.25, -0.2) is 4.79 Å². The number of halogens is 3. The maximum atomic E-state index is 13.6. The van der Waals surface area contributed by atoms with Crippen molar-refractivity contribution in [2.24, 2.45) is 0 Å². The van der Waals surface area contributed by atoms with E-state index in [0.717, 1.165) is 17.7 Å². The van der Waals surface area contributed by atoms with Crippen molar-refractivity contribution in [3.8, 4) is 6.07 Å². The molecule has 0 fully saturated rings. The molecule has 0 aromatic heterocycles. The van der Waals surface area contributed by atoms with Crippen LogP contribution in [-0.4, -0.2) is 29.3 Å². The number of urea groups is 1. The molecule has 4 rings (SSSR count). The number of anilines is 1. The van der Waals surface area contributed by atoms with Crippen molar-refractivity contribution in [1.82, 2.24) is 10.2 Å². The molecular weight excluding hydrogens is 469 g/mol. The minimum atomic E-state index is -4.57. The number of carbonyl (C=O) groups is 2. The fraction of sp³-hybridized carbons (Fsp3) is 0.370. The molecule has 1 atom stereocenters. The van der Waals surface area contributed by atoms with Crippen LogP contribution in [0.2, 0.25) is 0 Å². The number of benzene rings is 2. The summed E-state index contributed by atoms with van der Waals surface area (Å²) in [6.45, 7) is 6.42. The highest BCUT2D eigenvalue weighted by molar-refractivity contribution is 6.08. The standard InChI is InChI=1S/C27H27F3N4O2/c1-26(2,3)32-15-17-12-16(14-31)8-9-20(17)24-23-21(10-11-22(23)35)34(25(36)33(24)4)19-7-5-6-18(13-19)27(28,29)30/h5-9,12-13,24,32H,10-11,15H2,1-4H3/t24-/m1/s1. The summed E-state index contributed by atoms with van der Waals surface area (Å²) in [5, 5.41) is 12.8. The number of nitriles is 1. The van der Waals surface area contributed by atoms with Gasteiger partial charge in [0.1, 0.15) is 0 Å². The number of hydrogen-bond donors (Lipinski definition) is 1. The van der Waals surface area contributed by atoms with Crippen molar-refractivity contribution < 1.29 is 22.8 Å². The van der Waals surface area contributed by atoms with Gasteiger partial charge >= 0.3 is 12.2 Å². The molecule has 0 spiro atoms. The van der Waals surface area contributed by atoms with Gasteiger partial charge in [-0.1, -0.05) is 12.1 Å². The number of nitrogens with zero attached hydrogens (tertiary/aromatic N) is 3. The highest BCUT2D eigenvalue weighted by Crippen LogP contribution is 2.45. The molecule has 2 aromatic rings. The summed E-state index contributed by atoms with van der Waals surface area (Å²) in [4.78, 5) is 29.4. The first-order valence-corrected chi connectivity index (χ1v) is 11.6. The van der Waals surface area contributed by atoms with Crippen LogP contribution in [0.4, 0.5) is 23.7 Å². The van der Waals surface area contributed by atoms with Crippen molar-refractivity contribution in [3.63, 3.8) is 0 Å². The number of amides is 2. The van der Waals surface area contributed by atoms with E-state index in [1.54, 1.807) is 25.2 Å². The smallest absolute Gasteiger partial charge is 0.316 e. The van der Waals surface area contributed by atoms with E-state index < -0.39 is 23.8 Å². The number of nitrogens with one attached hydrogen (secondary N) is 1. The Kier molecular flexibility index (Phi) is 6.43. The molecule has 1 aliphatic carbocycles. The van der Waals surface area contributed by atoms with Crippen LogP contribution >= 0.6 is 0 Å². The van der Waals surface area contributed by atoms with Crippen LogP contribution in [0.5, 0.6) is 0 Å². The SMILES string of the molecule is CN1C(=O)N(c2cccc(C(F)(F)F)c2)C2=C(C(=O)CC2)[C@H]1c1ccc(C#N)cc1CNC(C)(C)C. The third-order valence-corrected chi connectivity index (χ3v) is 6.43. The molecule has 0 saturated carbocycles. The van der Waals surface area contributed by atoms with E-state index in [2.05, 4.69) is 11.4 Å². The van der Waals surface area contributed by atoms with Crippen LogP contribution in [0, 0.1) is 11.3 Å². The number of ketones is 1. The third-order valence-electron chi connectivity index (χ3n) is 6.43. The number of carbonyl (C=O) groups excluding carboxylic acids is 2. The van der Waals surface area contributed by atoms with Crippen molar-refractivity contribution in [1.29, 1.82) is 5.26 Å². The zero-order valence-corrected chi connectivity index (χ0v) is 20.5. The molecule has 1 N–H and O–H groups in total. The first kappa shape index (κ1) is 25.5. The van der Waals surface area contributed by atoms with Gasteiger partial charge in [-0.05, 0) is 68.7 Å². The van der Waals surface area contributed by atoms with Crippen molar-refractivity contribution in [3.05, 3.63) is 76.0 Å². The molecule has 36 heavy (non-hydrogen) atoms. The first-order valence-electron chi connectivity index (χ1n) is 11.6. The Morgan fingerprint density at radius 1 is 1.08 bits per heavy atom. The van der Waals surface area contributed by atoms with Crippen LogP contribution < -0.4 is 10.2 Å². The normalized spacial score (nSPS) is 18.6. The number of likely N-dealkylation sites (N-methyl/N-ethyl adjacent to an activating group) is 1. The average Bonchev–Trinajstić information content (AvgIpc) is 3.18. The molecule has 0 unspecified atom stereocenters. The zero-order chi connectivity index (χ0) is 26.4. The lowest BCUT2D eigenvalue weighted by molar-refractivity contribution is -0.137. The van der Waals surface area contributed by atoms with Crippen molar-refractivity contribution in [2.75, 3.05) is 11.9 Å². The van der Waals surface area contributed by atoms with E-state index in [0.29, 0.717) is 28.9 Å². The van der Waals surface area contributed by atoms with Crippen LogP contribution in [0.1, 0.15) is 61.9 Å². The Morgan fingerprint density at radius 2 is 1.81 bits per heavy atom. The van der Waals surface area contributed by atoms with Crippen LogP contribution in [0.25, 0.3) is 0 Å². The van der Waals surface area contributed by atoms with Gasteiger partial charge in [-0.2, -0.15) is 18.4 Å². The second-order valence-electron chi connectivity index (χ2n) is 10.1. The second-order valence-corrected chi connectivity index (χ2v) is 10.1. The van der Waals surface area contributed by atoms with E-state index >= 15 is 0 Å². The number of Topliss-reactive ketones (excluding diaryl/α,β-unsaturated/α-hetero) is 1. The summed E-state index contributed by atoms with van der Waals surface area (Å²) < 4.78 is 40.1. The van der Waals surface area contributed by atoms with Gasteiger partial charge in [0.05, 0.1) is 28.9 Å². The Morgan fingerprint density at radius 3 is 2.44 bits per heavy atom. The van der Waals surface area contributed by atoms with Gasteiger partial charge in [0.15, 0.2) is 5.78 Å². The molecule has 0 saturated heterocycles. The molecule has 6 nitrogen and oxygen atoms in total. The Labute approximate surface area is 208 Å². The van der Waals surface area contributed by atoms with Gasteiger partial charge in [0.25, 0.3) is 0 Å². The Balaban J connectivity index is 1.86. The summed E-state index contributed by atoms with van der Waals surface area (Å²) in [6, 6.07) is 10.6. The highest BCUT2D eigenvalue weighted by Gasteiger charge is 2.45. The predicted octanol–water partition coefficient (Wildman–Crippen LogP) is 5.70. The summed E-state index contributed by atoms with van der Waals surface area (Å²) in [7, 11) is 1.54. The molecule has 1 heterocycles. The van der Waals surface area contributed by atoms with E-state index in [9.17, 15) is 28.0 Å². The maximum Gasteiger partial charge on any atom is 0.416 e. The molecule has 0 radical (unpaired) electrons. The van der Waals surface area contributed by atoms with E-state index in [4.69, 9.17) is 0 Å². The lowest BCUT2D eigenvalue weighted by Gasteiger charge is -2.41. The number of rotatable bonds is 4. The van der Waals surface area contributed by atoms with Crippen LogP contribution in [0.15, 0.2) is 53.7 Å². The number of hydrogen-bond acceptors (Lipinski definition) is 4. The molecule has 2 aliphatic rings. The van der Waals surface area contributed by atoms with Gasteiger partial charge in [-0.15, -0.1) is 0 Å². The lowest BCUT2D eigenvalue weighted by atomic mass is 9.89. The molecule has 188 valence electrons. The highest BCUT2D eigenvalue weighted by atomic mass is 19.4. The maximum absolute atomic E-state index is 13.6. The topological polar surface area (TPSA) is 76.4 Å². The number of alkyl halides is 3. The number of allylic oxidation sites excluding steroid dienone is 1. The molecule has 1 aliphatic heterocycles. The zero-order valence-electron chi connectivity index (χ0n) is 20.5. The Bertz CT molecular complexity index is 1300. The van der Waals surface area contributed by atoms with Crippen LogP contribution in [-0.2, 0) is 17.5 Å².